The van der Waals surface area contributed by atoms with E-state index in [9.17, 15) is 4.79 Å². The van der Waals surface area contributed by atoms with Crippen LogP contribution in [0.15, 0.2) is 23.1 Å². The van der Waals surface area contributed by atoms with E-state index in [-0.39, 0.29) is 5.56 Å². The molecule has 1 aromatic rings. The largest absolute Gasteiger partial charge is 0.329 e. The van der Waals surface area contributed by atoms with Crippen molar-refractivity contribution in [2.24, 2.45) is 0 Å². The first-order chi connectivity index (χ1) is 6.77. The maximum atomic E-state index is 11.4. The van der Waals surface area contributed by atoms with Crippen molar-refractivity contribution < 1.29 is 0 Å². The molecular weight excluding hydrogens is 176 g/mol. The smallest absolute Gasteiger partial charge is 0.251 e. The number of aromatic amines is 1. The number of nitrogens with zero attached hydrogens (tertiary/aromatic N) is 1. The van der Waals surface area contributed by atoms with Gasteiger partial charge in [0.1, 0.15) is 0 Å². The number of H-pyrrole nitrogens is 1. The summed E-state index contributed by atoms with van der Waals surface area (Å²) in [4.78, 5) is 16.5. The Morgan fingerprint density at radius 2 is 2.50 bits per heavy atom. The fourth-order valence-electron chi connectivity index (χ4n) is 2.11. The SMILES string of the molecule is CN1CCCC1Cc1ccc[nH]c1=O. The first kappa shape index (κ1) is 9.46. The van der Waals surface area contributed by atoms with E-state index < -0.39 is 0 Å². The molecule has 3 nitrogen and oxygen atoms in total. The second kappa shape index (κ2) is 3.96. The Labute approximate surface area is 83.8 Å². The van der Waals surface area contributed by atoms with Gasteiger partial charge in [-0.15, -0.1) is 0 Å². The Morgan fingerprint density at radius 3 is 3.14 bits per heavy atom. The van der Waals surface area contributed by atoms with Gasteiger partial charge in [0.25, 0.3) is 5.56 Å². The third-order valence-corrected chi connectivity index (χ3v) is 3.03. The summed E-state index contributed by atoms with van der Waals surface area (Å²) in [6.07, 6.45) is 5.04. The van der Waals surface area contributed by atoms with Crippen molar-refractivity contribution in [3.63, 3.8) is 0 Å². The van der Waals surface area contributed by atoms with Gasteiger partial charge in [-0.05, 0) is 38.9 Å². The Balaban J connectivity index is 2.11. The number of likely N-dealkylation sites (tertiary alicyclic amines) is 1. The predicted octanol–water partition coefficient (Wildman–Crippen LogP) is 1.01. The van der Waals surface area contributed by atoms with Gasteiger partial charge in [-0.25, -0.2) is 0 Å². The molecule has 0 aromatic carbocycles. The molecule has 1 saturated heterocycles. The van der Waals surface area contributed by atoms with Crippen molar-refractivity contribution in [2.45, 2.75) is 25.3 Å². The van der Waals surface area contributed by atoms with Gasteiger partial charge in [0, 0.05) is 17.8 Å². The van der Waals surface area contributed by atoms with Gasteiger partial charge in [-0.3, -0.25) is 4.79 Å². The number of likely N-dealkylation sites (N-methyl/N-ethyl adjacent to an activating group) is 1. The first-order valence-electron chi connectivity index (χ1n) is 5.14. The van der Waals surface area contributed by atoms with Gasteiger partial charge in [0.15, 0.2) is 0 Å². The molecule has 3 heteroatoms. The predicted molar refractivity (Wildman–Crippen MR) is 56.4 cm³/mol. The monoisotopic (exact) mass is 192 g/mol. The minimum absolute atomic E-state index is 0.0628. The Morgan fingerprint density at radius 1 is 1.64 bits per heavy atom. The van der Waals surface area contributed by atoms with E-state index in [2.05, 4.69) is 16.9 Å². The van der Waals surface area contributed by atoms with E-state index in [0.717, 1.165) is 18.5 Å². The van der Waals surface area contributed by atoms with E-state index >= 15 is 0 Å². The topological polar surface area (TPSA) is 36.1 Å². The molecule has 14 heavy (non-hydrogen) atoms. The second-order valence-electron chi connectivity index (χ2n) is 4.01. The van der Waals surface area contributed by atoms with Gasteiger partial charge in [-0.2, -0.15) is 0 Å². The van der Waals surface area contributed by atoms with Crippen LogP contribution in [0, 0.1) is 0 Å². The van der Waals surface area contributed by atoms with Gasteiger partial charge >= 0.3 is 0 Å². The molecule has 1 aliphatic heterocycles. The lowest BCUT2D eigenvalue weighted by atomic mass is 10.1. The lowest BCUT2D eigenvalue weighted by molar-refractivity contribution is 0.309. The van der Waals surface area contributed by atoms with Crippen LogP contribution in [0.3, 0.4) is 0 Å². The summed E-state index contributed by atoms with van der Waals surface area (Å²) in [6.45, 7) is 1.16. The average molecular weight is 192 g/mol. The molecule has 0 radical (unpaired) electrons. The average Bonchev–Trinajstić information content (AvgIpc) is 2.56. The minimum Gasteiger partial charge on any atom is -0.329 e. The molecule has 1 unspecified atom stereocenters. The number of rotatable bonds is 2. The zero-order valence-corrected chi connectivity index (χ0v) is 8.49. The van der Waals surface area contributed by atoms with Crippen LogP contribution in [0.4, 0.5) is 0 Å². The highest BCUT2D eigenvalue weighted by molar-refractivity contribution is 5.11. The molecule has 1 fully saturated rings. The number of hydrogen-bond donors (Lipinski definition) is 1. The third-order valence-electron chi connectivity index (χ3n) is 3.03. The van der Waals surface area contributed by atoms with Crippen LogP contribution < -0.4 is 5.56 Å². The molecule has 1 aliphatic rings. The van der Waals surface area contributed by atoms with Crippen molar-refractivity contribution in [2.75, 3.05) is 13.6 Å². The first-order valence-corrected chi connectivity index (χ1v) is 5.14. The van der Waals surface area contributed by atoms with Crippen LogP contribution in [-0.4, -0.2) is 29.5 Å². The Bertz CT molecular complexity index is 358. The highest BCUT2D eigenvalue weighted by Gasteiger charge is 2.21. The van der Waals surface area contributed by atoms with Crippen LogP contribution in [0.25, 0.3) is 0 Å². The van der Waals surface area contributed by atoms with E-state index in [4.69, 9.17) is 0 Å². The van der Waals surface area contributed by atoms with Crippen molar-refractivity contribution in [1.82, 2.24) is 9.88 Å². The molecule has 0 aliphatic carbocycles. The summed E-state index contributed by atoms with van der Waals surface area (Å²) in [5.41, 5.74) is 0.971. The van der Waals surface area contributed by atoms with Crippen molar-refractivity contribution >= 4 is 0 Å². The van der Waals surface area contributed by atoms with E-state index in [1.165, 1.54) is 12.8 Å². The van der Waals surface area contributed by atoms with E-state index in [1.54, 1.807) is 6.20 Å². The van der Waals surface area contributed by atoms with Gasteiger partial charge < -0.3 is 9.88 Å². The standard InChI is InChI=1S/C11H16N2O/c1-13-7-3-5-10(13)8-9-4-2-6-12-11(9)14/h2,4,6,10H,3,5,7-8H2,1H3,(H,12,14). The molecule has 0 spiro atoms. The molecule has 1 atom stereocenters. The quantitative estimate of drug-likeness (QED) is 0.759. The normalized spacial score (nSPS) is 22.8. The molecular formula is C11H16N2O. The van der Waals surface area contributed by atoms with Crippen molar-refractivity contribution in [1.29, 1.82) is 0 Å². The van der Waals surface area contributed by atoms with E-state index in [0.29, 0.717) is 6.04 Å². The zero-order chi connectivity index (χ0) is 9.97. The van der Waals surface area contributed by atoms with Crippen molar-refractivity contribution in [3.8, 4) is 0 Å². The Kier molecular flexibility index (Phi) is 2.68. The van der Waals surface area contributed by atoms with Gasteiger partial charge in [0.2, 0.25) is 0 Å². The summed E-state index contributed by atoms with van der Waals surface area (Å²) >= 11 is 0. The lowest BCUT2D eigenvalue weighted by Crippen LogP contribution is -2.29. The number of pyridine rings is 1. The van der Waals surface area contributed by atoms with Crippen LogP contribution in [0.1, 0.15) is 18.4 Å². The van der Waals surface area contributed by atoms with Gasteiger partial charge in [-0.1, -0.05) is 6.07 Å². The molecule has 1 aromatic heterocycles. The molecule has 0 amide bonds. The highest BCUT2D eigenvalue weighted by atomic mass is 16.1. The maximum Gasteiger partial charge on any atom is 0.251 e. The second-order valence-corrected chi connectivity index (χ2v) is 4.01. The molecule has 1 N–H and O–H groups in total. The summed E-state index contributed by atoms with van der Waals surface area (Å²) in [6, 6.07) is 4.37. The minimum atomic E-state index is 0.0628. The zero-order valence-electron chi connectivity index (χ0n) is 8.49. The fraction of sp³-hybridized carbons (Fsp3) is 0.545. The molecule has 2 heterocycles. The van der Waals surface area contributed by atoms with Crippen LogP contribution in [0.2, 0.25) is 0 Å². The third kappa shape index (κ3) is 1.87. The molecule has 2 rings (SSSR count). The van der Waals surface area contributed by atoms with Crippen LogP contribution in [-0.2, 0) is 6.42 Å². The Hall–Kier alpha value is -1.09. The fourth-order valence-corrected chi connectivity index (χ4v) is 2.11. The lowest BCUT2D eigenvalue weighted by Gasteiger charge is -2.18. The van der Waals surface area contributed by atoms with Gasteiger partial charge in [0.05, 0.1) is 0 Å². The highest BCUT2D eigenvalue weighted by Crippen LogP contribution is 2.17. The summed E-state index contributed by atoms with van der Waals surface area (Å²) in [7, 11) is 2.13. The summed E-state index contributed by atoms with van der Waals surface area (Å²) in [5.74, 6) is 0. The summed E-state index contributed by atoms with van der Waals surface area (Å²) in [5, 5.41) is 0. The molecule has 0 bridgehead atoms. The number of nitrogens with one attached hydrogen (secondary N) is 1. The number of hydrogen-bond acceptors (Lipinski definition) is 2. The molecule has 76 valence electrons. The maximum absolute atomic E-state index is 11.4. The van der Waals surface area contributed by atoms with Crippen LogP contribution >= 0.6 is 0 Å². The van der Waals surface area contributed by atoms with E-state index in [1.807, 2.05) is 12.1 Å². The number of aromatic nitrogens is 1. The molecule has 0 saturated carbocycles. The summed E-state index contributed by atoms with van der Waals surface area (Å²) < 4.78 is 0. The van der Waals surface area contributed by atoms with Crippen molar-refractivity contribution in [3.05, 3.63) is 34.2 Å². The van der Waals surface area contributed by atoms with Crippen LogP contribution in [0.5, 0.6) is 0 Å².